The number of aliphatic hydroxyl groups is 2. The predicted octanol–water partition coefficient (Wildman–Crippen LogP) is -1.67. The molecule has 3 N–H and O–H groups in total. The summed E-state index contributed by atoms with van der Waals surface area (Å²) in [6, 6.07) is 0. The molecule has 0 aromatic rings. The summed E-state index contributed by atoms with van der Waals surface area (Å²) in [6.45, 7) is 4.83. The first-order valence-electron chi connectivity index (χ1n) is 4.59. The highest BCUT2D eigenvalue weighted by Crippen LogP contribution is 2.08. The molecule has 80 valence electrons. The number of rotatable bonds is 4. The van der Waals surface area contributed by atoms with E-state index in [1.165, 1.54) is 0 Å². The van der Waals surface area contributed by atoms with Gasteiger partial charge in [-0.15, -0.1) is 6.58 Å². The summed E-state index contributed by atoms with van der Waals surface area (Å²) < 4.78 is 0. The molecule has 1 saturated heterocycles. The van der Waals surface area contributed by atoms with Crippen molar-refractivity contribution >= 4 is 5.91 Å². The predicted molar refractivity (Wildman–Crippen MR) is 51.7 cm³/mol. The Bertz CT molecular complexity index is 210. The Hall–Kier alpha value is -0.910. The first-order chi connectivity index (χ1) is 6.63. The second-order valence-corrected chi connectivity index (χ2v) is 3.42. The molecule has 5 nitrogen and oxygen atoms in total. The average Bonchev–Trinajstić information content (AvgIpc) is 2.42. The van der Waals surface area contributed by atoms with Gasteiger partial charge in [-0.25, -0.2) is 0 Å². The third-order valence-electron chi connectivity index (χ3n) is 2.15. The molecule has 0 aromatic heterocycles. The van der Waals surface area contributed by atoms with Gasteiger partial charge in [-0.2, -0.15) is 0 Å². The minimum absolute atomic E-state index is 0.119. The molecule has 0 bridgehead atoms. The second kappa shape index (κ2) is 5.09. The zero-order valence-electron chi connectivity index (χ0n) is 8.02. The number of β-amino-alcohol motifs (C(OH)–C–C–N with tert-alkyl or cyclic N) is 2. The normalized spacial score (nSPS) is 27.6. The Balaban J connectivity index is 2.25. The van der Waals surface area contributed by atoms with E-state index in [1.807, 2.05) is 0 Å². The fraction of sp³-hybridized carbons (Fsp3) is 0.667. The van der Waals surface area contributed by atoms with Gasteiger partial charge in [-0.05, 0) is 0 Å². The van der Waals surface area contributed by atoms with Gasteiger partial charge in [0.1, 0.15) is 0 Å². The maximum absolute atomic E-state index is 11.2. The van der Waals surface area contributed by atoms with E-state index in [0.717, 1.165) is 0 Å². The van der Waals surface area contributed by atoms with Gasteiger partial charge in [0.05, 0.1) is 18.8 Å². The van der Waals surface area contributed by atoms with Crippen molar-refractivity contribution in [1.82, 2.24) is 10.2 Å². The van der Waals surface area contributed by atoms with Crippen LogP contribution in [0.15, 0.2) is 12.7 Å². The summed E-state index contributed by atoms with van der Waals surface area (Å²) in [6.07, 6.45) is 0.135. The van der Waals surface area contributed by atoms with Crippen LogP contribution in [0, 0.1) is 0 Å². The number of aliphatic hydroxyl groups excluding tert-OH is 2. The molecule has 1 aliphatic heterocycles. The summed E-state index contributed by atoms with van der Waals surface area (Å²) in [4.78, 5) is 12.9. The molecule has 1 fully saturated rings. The van der Waals surface area contributed by atoms with Crippen LogP contribution in [0.4, 0.5) is 0 Å². The van der Waals surface area contributed by atoms with Crippen LogP contribution in [0.5, 0.6) is 0 Å². The monoisotopic (exact) mass is 200 g/mol. The van der Waals surface area contributed by atoms with E-state index >= 15 is 0 Å². The highest BCUT2D eigenvalue weighted by Gasteiger charge is 2.30. The molecular formula is C9H16N2O3. The smallest absolute Gasteiger partial charge is 0.234 e. The lowest BCUT2D eigenvalue weighted by molar-refractivity contribution is -0.121. The molecule has 0 spiro atoms. The fourth-order valence-corrected chi connectivity index (χ4v) is 1.42. The van der Waals surface area contributed by atoms with Crippen molar-refractivity contribution in [1.29, 1.82) is 0 Å². The Labute approximate surface area is 83.0 Å². The Morgan fingerprint density at radius 2 is 2.07 bits per heavy atom. The van der Waals surface area contributed by atoms with Crippen molar-refractivity contribution < 1.29 is 15.0 Å². The van der Waals surface area contributed by atoms with Crippen molar-refractivity contribution in [3.05, 3.63) is 12.7 Å². The summed E-state index contributed by atoms with van der Waals surface area (Å²) >= 11 is 0. The van der Waals surface area contributed by atoms with Gasteiger partial charge >= 0.3 is 0 Å². The highest BCUT2D eigenvalue weighted by atomic mass is 16.3. The number of amides is 1. The molecular weight excluding hydrogens is 184 g/mol. The first-order valence-corrected chi connectivity index (χ1v) is 4.59. The van der Waals surface area contributed by atoms with Crippen LogP contribution in [0.3, 0.4) is 0 Å². The van der Waals surface area contributed by atoms with E-state index in [4.69, 9.17) is 0 Å². The van der Waals surface area contributed by atoms with E-state index in [1.54, 1.807) is 11.0 Å². The lowest BCUT2D eigenvalue weighted by atomic mass is 10.3. The number of carbonyl (C=O) groups excluding carboxylic acids is 1. The summed E-state index contributed by atoms with van der Waals surface area (Å²) in [5.41, 5.74) is 0. The van der Waals surface area contributed by atoms with Crippen LogP contribution in [-0.2, 0) is 4.79 Å². The van der Waals surface area contributed by atoms with Crippen LogP contribution in [0.25, 0.3) is 0 Å². The Morgan fingerprint density at radius 1 is 1.50 bits per heavy atom. The number of likely N-dealkylation sites (tertiary alicyclic amines) is 1. The van der Waals surface area contributed by atoms with Crippen molar-refractivity contribution in [3.8, 4) is 0 Å². The maximum atomic E-state index is 11.2. The lowest BCUT2D eigenvalue weighted by Crippen LogP contribution is -2.36. The van der Waals surface area contributed by atoms with E-state index < -0.39 is 12.2 Å². The van der Waals surface area contributed by atoms with Gasteiger partial charge in [-0.3, -0.25) is 9.69 Å². The first kappa shape index (κ1) is 11.2. The van der Waals surface area contributed by atoms with Gasteiger partial charge in [0, 0.05) is 19.6 Å². The Kier molecular flexibility index (Phi) is 4.06. The third kappa shape index (κ3) is 3.10. The molecule has 1 amide bonds. The van der Waals surface area contributed by atoms with E-state index in [0.29, 0.717) is 19.6 Å². The van der Waals surface area contributed by atoms with Crippen LogP contribution in [0.2, 0.25) is 0 Å². The largest absolute Gasteiger partial charge is 0.389 e. The highest BCUT2D eigenvalue weighted by molar-refractivity contribution is 5.78. The van der Waals surface area contributed by atoms with Crippen molar-refractivity contribution in [2.75, 3.05) is 26.2 Å². The Morgan fingerprint density at radius 3 is 2.57 bits per heavy atom. The van der Waals surface area contributed by atoms with Crippen LogP contribution < -0.4 is 5.32 Å². The topological polar surface area (TPSA) is 72.8 Å². The molecule has 1 rings (SSSR count). The molecule has 0 saturated carbocycles. The van der Waals surface area contributed by atoms with Crippen molar-refractivity contribution in [2.24, 2.45) is 0 Å². The third-order valence-corrected chi connectivity index (χ3v) is 2.15. The maximum Gasteiger partial charge on any atom is 0.234 e. The molecule has 14 heavy (non-hydrogen) atoms. The summed E-state index contributed by atoms with van der Waals surface area (Å²) in [7, 11) is 0. The molecule has 5 heteroatoms. The number of nitrogens with one attached hydrogen (secondary N) is 1. The second-order valence-electron chi connectivity index (χ2n) is 3.42. The number of nitrogens with zero attached hydrogens (tertiary/aromatic N) is 1. The van der Waals surface area contributed by atoms with E-state index in [-0.39, 0.29) is 12.5 Å². The molecule has 2 atom stereocenters. The summed E-state index contributed by atoms with van der Waals surface area (Å²) in [5, 5.41) is 21.1. The molecule has 0 unspecified atom stereocenters. The fourth-order valence-electron chi connectivity index (χ4n) is 1.42. The minimum atomic E-state index is -0.734. The van der Waals surface area contributed by atoms with E-state index in [2.05, 4.69) is 11.9 Å². The van der Waals surface area contributed by atoms with Crippen LogP contribution in [0.1, 0.15) is 0 Å². The van der Waals surface area contributed by atoms with Crippen molar-refractivity contribution in [3.63, 3.8) is 0 Å². The minimum Gasteiger partial charge on any atom is -0.389 e. The van der Waals surface area contributed by atoms with Crippen molar-refractivity contribution in [2.45, 2.75) is 12.2 Å². The van der Waals surface area contributed by atoms with Gasteiger partial charge in [0.25, 0.3) is 0 Å². The SMILES string of the molecule is C=CCNC(=O)CN1C[C@@H](O)[C@@H](O)C1. The molecule has 0 aromatic carbocycles. The van der Waals surface area contributed by atoms with Gasteiger partial charge in [0.15, 0.2) is 0 Å². The van der Waals surface area contributed by atoms with Gasteiger partial charge in [-0.1, -0.05) is 6.08 Å². The number of hydrogen-bond acceptors (Lipinski definition) is 4. The van der Waals surface area contributed by atoms with Crippen LogP contribution in [-0.4, -0.2) is 59.4 Å². The number of carbonyl (C=O) groups is 1. The van der Waals surface area contributed by atoms with Gasteiger partial charge in [0.2, 0.25) is 5.91 Å². The average molecular weight is 200 g/mol. The number of hydrogen-bond donors (Lipinski definition) is 3. The molecule has 1 aliphatic rings. The van der Waals surface area contributed by atoms with Gasteiger partial charge < -0.3 is 15.5 Å². The van der Waals surface area contributed by atoms with Crippen LogP contribution >= 0.6 is 0 Å². The molecule has 0 aliphatic carbocycles. The zero-order valence-corrected chi connectivity index (χ0v) is 8.02. The van der Waals surface area contributed by atoms with E-state index in [9.17, 15) is 15.0 Å². The quantitative estimate of drug-likeness (QED) is 0.474. The standard InChI is InChI=1S/C9H16N2O3/c1-2-3-10-9(14)6-11-4-7(12)8(13)5-11/h2,7-8,12-13H,1,3-6H2,(H,10,14)/t7-,8+. The molecule has 1 heterocycles. The zero-order chi connectivity index (χ0) is 10.6. The lowest BCUT2D eigenvalue weighted by Gasteiger charge is -2.13. The molecule has 0 radical (unpaired) electrons. The summed E-state index contributed by atoms with van der Waals surface area (Å²) in [5.74, 6) is -0.119.